The molecule has 0 spiro atoms. The summed E-state index contributed by atoms with van der Waals surface area (Å²) in [4.78, 5) is 9.74. The Morgan fingerprint density at radius 3 is 2.59 bits per heavy atom. The lowest BCUT2D eigenvalue weighted by Gasteiger charge is -2.07. The number of hydrogen-bond acceptors (Lipinski definition) is 7. The normalized spacial score (nSPS) is 11.6. The second-order valence-electron chi connectivity index (χ2n) is 6.29. The summed E-state index contributed by atoms with van der Waals surface area (Å²) < 4.78 is 33.5. The third-order valence-electron chi connectivity index (χ3n) is 4.06. The number of anilines is 1. The number of aromatic nitrogens is 3. The minimum Gasteiger partial charge on any atom is -0.333 e. The zero-order valence-corrected chi connectivity index (χ0v) is 17.8. The van der Waals surface area contributed by atoms with Crippen molar-refractivity contribution in [3.8, 4) is 22.2 Å². The number of aryl methyl sites for hydroxylation is 2. The molecule has 0 amide bonds. The van der Waals surface area contributed by atoms with Crippen LogP contribution in [-0.2, 0) is 10.0 Å². The highest BCUT2D eigenvalue weighted by Gasteiger charge is 2.23. The van der Waals surface area contributed by atoms with Gasteiger partial charge in [0.15, 0.2) is 0 Å². The zero-order chi connectivity index (χ0) is 20.6. The van der Waals surface area contributed by atoms with Gasteiger partial charge in [0.1, 0.15) is 10.7 Å². The number of rotatable bonds is 5. The van der Waals surface area contributed by atoms with E-state index in [-0.39, 0.29) is 16.6 Å². The Hall–Kier alpha value is -2.75. The van der Waals surface area contributed by atoms with Crippen molar-refractivity contribution in [1.29, 1.82) is 0 Å². The molecular formula is C19H15ClN4O3S2. The van der Waals surface area contributed by atoms with Crippen molar-refractivity contribution in [1.82, 2.24) is 15.1 Å². The van der Waals surface area contributed by atoms with Crippen molar-refractivity contribution in [3.63, 3.8) is 0 Å². The van der Waals surface area contributed by atoms with E-state index in [4.69, 9.17) is 16.1 Å². The first kappa shape index (κ1) is 19.6. The van der Waals surface area contributed by atoms with Crippen LogP contribution in [0.2, 0.25) is 5.02 Å². The van der Waals surface area contributed by atoms with Crippen LogP contribution >= 0.6 is 22.9 Å². The molecule has 1 aromatic carbocycles. The quantitative estimate of drug-likeness (QED) is 0.466. The van der Waals surface area contributed by atoms with Crippen molar-refractivity contribution in [2.75, 3.05) is 4.72 Å². The molecular weight excluding hydrogens is 432 g/mol. The molecule has 0 saturated heterocycles. The lowest BCUT2D eigenvalue weighted by Crippen LogP contribution is -2.14. The lowest BCUT2D eigenvalue weighted by molar-refractivity contribution is 0.433. The number of thiophene rings is 1. The van der Waals surface area contributed by atoms with Gasteiger partial charge in [0, 0.05) is 21.7 Å². The number of benzene rings is 1. The van der Waals surface area contributed by atoms with Crippen molar-refractivity contribution in [2.24, 2.45) is 0 Å². The Bertz CT molecular complexity index is 1280. The summed E-state index contributed by atoms with van der Waals surface area (Å²) in [5.41, 5.74) is 1.65. The number of nitrogens with one attached hydrogen (secondary N) is 1. The largest absolute Gasteiger partial charge is 0.333 e. The van der Waals surface area contributed by atoms with Crippen molar-refractivity contribution in [2.45, 2.75) is 18.7 Å². The topological polar surface area (TPSA) is 98.0 Å². The molecule has 4 aromatic rings. The van der Waals surface area contributed by atoms with Gasteiger partial charge in [-0.15, -0.1) is 11.3 Å². The second kappa shape index (κ2) is 7.58. The maximum absolute atomic E-state index is 12.8. The van der Waals surface area contributed by atoms with E-state index in [0.717, 1.165) is 11.1 Å². The lowest BCUT2D eigenvalue weighted by atomic mass is 10.2. The zero-order valence-electron chi connectivity index (χ0n) is 15.4. The number of pyridine rings is 1. The van der Waals surface area contributed by atoms with Gasteiger partial charge in [-0.3, -0.25) is 4.72 Å². The number of hydrogen-bond donors (Lipinski definition) is 1. The van der Waals surface area contributed by atoms with E-state index < -0.39 is 10.0 Å². The SMILES string of the molecule is Cc1ccnc(NS(=O)(=O)c2cc(-c3nc(-c4ccc(Cl)cc4)no3)sc2C)c1. The third kappa shape index (κ3) is 4.16. The smallest absolute Gasteiger partial charge is 0.268 e. The molecule has 4 rings (SSSR count). The molecule has 7 nitrogen and oxygen atoms in total. The summed E-state index contributed by atoms with van der Waals surface area (Å²) in [6.45, 7) is 3.59. The van der Waals surface area contributed by atoms with E-state index in [2.05, 4.69) is 19.8 Å². The molecule has 0 saturated carbocycles. The first-order valence-corrected chi connectivity index (χ1v) is 11.2. The first-order valence-electron chi connectivity index (χ1n) is 8.48. The molecule has 0 aliphatic carbocycles. The highest BCUT2D eigenvalue weighted by molar-refractivity contribution is 7.93. The van der Waals surface area contributed by atoms with Gasteiger partial charge in [-0.1, -0.05) is 16.8 Å². The molecule has 0 fully saturated rings. The van der Waals surface area contributed by atoms with Crippen molar-refractivity contribution >= 4 is 38.8 Å². The predicted octanol–water partition coefficient (Wildman–Crippen LogP) is 4.93. The molecule has 0 unspecified atom stereocenters. The van der Waals surface area contributed by atoms with Crippen LogP contribution in [0.4, 0.5) is 5.82 Å². The van der Waals surface area contributed by atoms with E-state index in [1.165, 1.54) is 17.4 Å². The van der Waals surface area contributed by atoms with Gasteiger partial charge in [0.05, 0.1) is 4.88 Å². The molecule has 148 valence electrons. The van der Waals surface area contributed by atoms with E-state index in [1.54, 1.807) is 49.5 Å². The number of sulfonamides is 1. The fourth-order valence-electron chi connectivity index (χ4n) is 2.66. The fourth-order valence-corrected chi connectivity index (χ4v) is 5.30. The predicted molar refractivity (Wildman–Crippen MR) is 113 cm³/mol. The first-order chi connectivity index (χ1) is 13.8. The molecule has 3 heterocycles. The summed E-state index contributed by atoms with van der Waals surface area (Å²) in [6.07, 6.45) is 1.55. The minimum absolute atomic E-state index is 0.145. The number of nitrogens with zero attached hydrogens (tertiary/aromatic N) is 3. The van der Waals surface area contributed by atoms with Crippen LogP contribution in [0, 0.1) is 13.8 Å². The van der Waals surface area contributed by atoms with Gasteiger partial charge < -0.3 is 4.52 Å². The molecule has 0 aliphatic rings. The standard InChI is InChI=1S/C19H15ClN4O3S2/c1-11-7-8-21-17(9-11)24-29(25,26)16-10-15(28-12(16)2)19-22-18(23-27-19)13-3-5-14(20)6-4-13/h3-10H,1-2H3,(H,21,24). The average molecular weight is 447 g/mol. The van der Waals surface area contributed by atoms with Crippen LogP contribution in [0.25, 0.3) is 22.2 Å². The summed E-state index contributed by atoms with van der Waals surface area (Å²) in [6, 6.07) is 12.0. The molecule has 0 aliphatic heterocycles. The Morgan fingerprint density at radius 1 is 1.10 bits per heavy atom. The maximum Gasteiger partial charge on any atom is 0.268 e. The number of halogens is 1. The molecule has 0 bridgehead atoms. The molecule has 1 N–H and O–H groups in total. The Balaban J connectivity index is 1.63. The van der Waals surface area contributed by atoms with Crippen LogP contribution in [0.3, 0.4) is 0 Å². The van der Waals surface area contributed by atoms with E-state index >= 15 is 0 Å². The van der Waals surface area contributed by atoms with E-state index in [9.17, 15) is 8.42 Å². The summed E-state index contributed by atoms with van der Waals surface area (Å²) in [5.74, 6) is 0.910. The van der Waals surface area contributed by atoms with Crippen LogP contribution in [0.1, 0.15) is 10.4 Å². The second-order valence-corrected chi connectivity index (χ2v) is 9.63. The van der Waals surface area contributed by atoms with Gasteiger partial charge in [-0.25, -0.2) is 13.4 Å². The van der Waals surface area contributed by atoms with Gasteiger partial charge in [0.2, 0.25) is 5.82 Å². The van der Waals surface area contributed by atoms with Gasteiger partial charge in [-0.05, 0) is 61.9 Å². The molecule has 3 aromatic heterocycles. The summed E-state index contributed by atoms with van der Waals surface area (Å²) in [5, 5.41) is 4.58. The maximum atomic E-state index is 12.8. The summed E-state index contributed by atoms with van der Waals surface area (Å²) in [7, 11) is -3.80. The molecule has 10 heteroatoms. The van der Waals surface area contributed by atoms with Gasteiger partial charge in [0.25, 0.3) is 15.9 Å². The molecule has 0 radical (unpaired) electrons. The van der Waals surface area contributed by atoms with E-state index in [1.807, 2.05) is 6.92 Å². The monoisotopic (exact) mass is 446 g/mol. The van der Waals surface area contributed by atoms with Crippen LogP contribution < -0.4 is 4.72 Å². The highest BCUT2D eigenvalue weighted by Crippen LogP contribution is 2.34. The Kier molecular flexibility index (Phi) is 5.12. The molecule has 0 atom stereocenters. The van der Waals surface area contributed by atoms with Crippen molar-refractivity contribution < 1.29 is 12.9 Å². The third-order valence-corrected chi connectivity index (χ3v) is 6.96. The average Bonchev–Trinajstić information content (AvgIpc) is 3.29. The van der Waals surface area contributed by atoms with E-state index in [0.29, 0.717) is 20.6 Å². The molecule has 29 heavy (non-hydrogen) atoms. The van der Waals surface area contributed by atoms with Crippen LogP contribution in [0.5, 0.6) is 0 Å². The summed E-state index contributed by atoms with van der Waals surface area (Å²) >= 11 is 7.16. The Morgan fingerprint density at radius 2 is 1.86 bits per heavy atom. The highest BCUT2D eigenvalue weighted by atomic mass is 35.5. The van der Waals surface area contributed by atoms with Crippen LogP contribution in [-0.4, -0.2) is 23.5 Å². The van der Waals surface area contributed by atoms with Gasteiger partial charge in [-0.2, -0.15) is 4.98 Å². The van der Waals surface area contributed by atoms with Crippen LogP contribution in [0.15, 0.2) is 58.1 Å². The Labute approximate surface area is 176 Å². The fraction of sp³-hybridized carbons (Fsp3) is 0.105. The minimum atomic E-state index is -3.80. The van der Waals surface area contributed by atoms with Crippen molar-refractivity contribution in [3.05, 3.63) is 64.1 Å². The van der Waals surface area contributed by atoms with Gasteiger partial charge >= 0.3 is 0 Å².